The largest absolute Gasteiger partial charge is 0.373 e. The van der Waals surface area contributed by atoms with Crippen molar-refractivity contribution in [3.8, 4) is 0 Å². The lowest BCUT2D eigenvalue weighted by Crippen LogP contribution is -2.29. The lowest BCUT2D eigenvalue weighted by Gasteiger charge is -2.15. The van der Waals surface area contributed by atoms with E-state index in [0.717, 1.165) is 18.5 Å². The molecule has 3 unspecified atom stereocenters. The number of ether oxygens (including phenoxy) is 1. The molecule has 0 aliphatic carbocycles. The van der Waals surface area contributed by atoms with Crippen LogP contribution in [0.15, 0.2) is 35.3 Å². The smallest absolute Gasteiger partial charge is 0.193 e. The second kappa shape index (κ2) is 4.37. The molecule has 4 nitrogen and oxygen atoms in total. The number of aliphatic imine (C=N–C) groups is 1. The quantitative estimate of drug-likeness (QED) is 0.602. The maximum absolute atomic E-state index is 5.90. The Kier molecular flexibility index (Phi) is 2.73. The number of hydrogen-bond acceptors (Lipinski definition) is 2. The Bertz CT molecular complexity index is 418. The van der Waals surface area contributed by atoms with E-state index in [1.165, 1.54) is 6.42 Å². The molecule has 2 saturated heterocycles. The molecule has 4 heteroatoms. The number of benzene rings is 1. The van der Waals surface area contributed by atoms with Crippen LogP contribution < -0.4 is 11.1 Å². The Morgan fingerprint density at radius 1 is 1.29 bits per heavy atom. The maximum atomic E-state index is 5.90. The number of para-hydroxylation sites is 1. The lowest BCUT2D eigenvalue weighted by molar-refractivity contribution is 0.101. The summed E-state index contributed by atoms with van der Waals surface area (Å²) in [4.78, 5) is 4.51. The van der Waals surface area contributed by atoms with Crippen LogP contribution in [0.2, 0.25) is 0 Å². The van der Waals surface area contributed by atoms with E-state index in [1.54, 1.807) is 0 Å². The molecule has 0 spiro atoms. The predicted molar refractivity (Wildman–Crippen MR) is 68.0 cm³/mol. The summed E-state index contributed by atoms with van der Waals surface area (Å²) >= 11 is 0. The van der Waals surface area contributed by atoms with Gasteiger partial charge in [0.1, 0.15) is 0 Å². The molecule has 1 aromatic carbocycles. The molecule has 0 amide bonds. The van der Waals surface area contributed by atoms with Gasteiger partial charge in [0.25, 0.3) is 0 Å². The minimum absolute atomic E-state index is 0.241. The van der Waals surface area contributed by atoms with Crippen molar-refractivity contribution in [3.63, 3.8) is 0 Å². The summed E-state index contributed by atoms with van der Waals surface area (Å²) in [5.41, 5.74) is 6.87. The molecule has 0 saturated carbocycles. The highest BCUT2D eigenvalue weighted by atomic mass is 16.5. The summed E-state index contributed by atoms with van der Waals surface area (Å²) < 4.78 is 5.75. The minimum atomic E-state index is 0.241. The summed E-state index contributed by atoms with van der Waals surface area (Å²) in [7, 11) is 0. The van der Waals surface area contributed by atoms with Crippen molar-refractivity contribution in [1.29, 1.82) is 0 Å². The van der Waals surface area contributed by atoms with Gasteiger partial charge in [-0.1, -0.05) is 18.2 Å². The average Bonchev–Trinajstić information content (AvgIpc) is 2.92. The molecule has 0 aromatic heterocycles. The van der Waals surface area contributed by atoms with Gasteiger partial charge in [0.2, 0.25) is 0 Å². The van der Waals surface area contributed by atoms with Crippen LogP contribution >= 0.6 is 0 Å². The summed E-state index contributed by atoms with van der Waals surface area (Å²) in [5, 5.41) is 3.10. The van der Waals surface area contributed by atoms with E-state index in [0.29, 0.717) is 12.1 Å². The van der Waals surface area contributed by atoms with Gasteiger partial charge in [-0.15, -0.1) is 0 Å². The van der Waals surface area contributed by atoms with E-state index >= 15 is 0 Å². The van der Waals surface area contributed by atoms with Gasteiger partial charge in [-0.25, -0.2) is 4.99 Å². The third-order valence-electron chi connectivity index (χ3n) is 3.43. The number of fused-ring (bicyclic) bond motifs is 2. The Morgan fingerprint density at radius 3 is 2.76 bits per heavy atom. The number of anilines is 1. The van der Waals surface area contributed by atoms with Crippen molar-refractivity contribution >= 4 is 11.6 Å². The molecule has 2 bridgehead atoms. The molecular formula is C13H17N3O. The van der Waals surface area contributed by atoms with Crippen LogP contribution in [-0.2, 0) is 4.74 Å². The van der Waals surface area contributed by atoms with E-state index < -0.39 is 0 Å². The van der Waals surface area contributed by atoms with Crippen LogP contribution in [-0.4, -0.2) is 24.2 Å². The molecule has 3 N–H and O–H groups in total. The molecule has 90 valence electrons. The summed E-state index contributed by atoms with van der Waals surface area (Å²) in [6.45, 7) is 0. The summed E-state index contributed by atoms with van der Waals surface area (Å²) in [6, 6.07) is 10.1. The highest BCUT2D eigenvalue weighted by Crippen LogP contribution is 2.36. The normalized spacial score (nSPS) is 31.8. The van der Waals surface area contributed by atoms with Gasteiger partial charge in [-0.2, -0.15) is 0 Å². The lowest BCUT2D eigenvalue weighted by atomic mass is 9.96. The van der Waals surface area contributed by atoms with Crippen molar-refractivity contribution in [2.24, 2.45) is 10.7 Å². The second-order valence-corrected chi connectivity index (χ2v) is 4.68. The van der Waals surface area contributed by atoms with Crippen LogP contribution in [0.25, 0.3) is 0 Å². The fourth-order valence-corrected chi connectivity index (χ4v) is 2.63. The first kappa shape index (κ1) is 10.6. The SMILES string of the molecule is NC(=NC1CC2CCC1O2)Nc1ccccc1. The van der Waals surface area contributed by atoms with Gasteiger partial charge in [-0.05, 0) is 31.4 Å². The molecule has 2 heterocycles. The zero-order chi connectivity index (χ0) is 11.7. The van der Waals surface area contributed by atoms with Crippen molar-refractivity contribution in [1.82, 2.24) is 0 Å². The van der Waals surface area contributed by atoms with Crippen LogP contribution in [0.4, 0.5) is 5.69 Å². The van der Waals surface area contributed by atoms with Crippen molar-refractivity contribution in [2.75, 3.05) is 5.32 Å². The summed E-state index contributed by atoms with van der Waals surface area (Å²) in [6.07, 6.45) is 4.02. The van der Waals surface area contributed by atoms with Gasteiger partial charge < -0.3 is 15.8 Å². The zero-order valence-electron chi connectivity index (χ0n) is 9.67. The molecule has 2 aliphatic heterocycles. The number of guanidine groups is 1. The molecule has 17 heavy (non-hydrogen) atoms. The van der Waals surface area contributed by atoms with Crippen molar-refractivity contribution in [2.45, 2.75) is 37.5 Å². The maximum Gasteiger partial charge on any atom is 0.193 e. The monoisotopic (exact) mass is 231 g/mol. The second-order valence-electron chi connectivity index (χ2n) is 4.68. The third-order valence-corrected chi connectivity index (χ3v) is 3.43. The Morgan fingerprint density at radius 2 is 2.12 bits per heavy atom. The van der Waals surface area contributed by atoms with E-state index in [1.807, 2.05) is 30.3 Å². The highest BCUT2D eigenvalue weighted by molar-refractivity contribution is 5.92. The first-order chi connectivity index (χ1) is 8.31. The number of nitrogens with one attached hydrogen (secondary N) is 1. The molecule has 2 fully saturated rings. The molecule has 0 radical (unpaired) electrons. The first-order valence-corrected chi connectivity index (χ1v) is 6.12. The average molecular weight is 231 g/mol. The van der Waals surface area contributed by atoms with Crippen molar-refractivity contribution < 1.29 is 4.74 Å². The highest BCUT2D eigenvalue weighted by Gasteiger charge is 2.40. The number of nitrogens with zero attached hydrogens (tertiary/aromatic N) is 1. The minimum Gasteiger partial charge on any atom is -0.373 e. The van der Waals surface area contributed by atoms with Gasteiger partial charge in [0.15, 0.2) is 5.96 Å². The van der Waals surface area contributed by atoms with Gasteiger partial charge in [-0.3, -0.25) is 0 Å². The number of nitrogens with two attached hydrogens (primary N) is 1. The van der Waals surface area contributed by atoms with Crippen molar-refractivity contribution in [3.05, 3.63) is 30.3 Å². The molecule has 2 aliphatic rings. The van der Waals surface area contributed by atoms with E-state index in [4.69, 9.17) is 10.5 Å². The Labute approximate surface area is 101 Å². The fraction of sp³-hybridized carbons (Fsp3) is 0.462. The van der Waals surface area contributed by atoms with E-state index in [-0.39, 0.29) is 12.1 Å². The topological polar surface area (TPSA) is 59.6 Å². The Hall–Kier alpha value is -1.55. The number of hydrogen-bond donors (Lipinski definition) is 2. The molecule has 3 atom stereocenters. The zero-order valence-corrected chi connectivity index (χ0v) is 9.67. The van der Waals surface area contributed by atoms with Gasteiger partial charge in [0, 0.05) is 5.69 Å². The van der Waals surface area contributed by atoms with Gasteiger partial charge in [0.05, 0.1) is 18.2 Å². The third kappa shape index (κ3) is 2.26. The van der Waals surface area contributed by atoms with Crippen LogP contribution in [0.3, 0.4) is 0 Å². The number of rotatable bonds is 2. The van der Waals surface area contributed by atoms with Gasteiger partial charge >= 0.3 is 0 Å². The summed E-state index contributed by atoms with van der Waals surface area (Å²) in [5.74, 6) is 0.484. The van der Waals surface area contributed by atoms with E-state index in [2.05, 4.69) is 10.3 Å². The Balaban J connectivity index is 1.64. The van der Waals surface area contributed by atoms with Crippen LogP contribution in [0.1, 0.15) is 19.3 Å². The fourth-order valence-electron chi connectivity index (χ4n) is 2.63. The predicted octanol–water partition coefficient (Wildman–Crippen LogP) is 1.73. The first-order valence-electron chi connectivity index (χ1n) is 6.12. The van der Waals surface area contributed by atoms with Crippen LogP contribution in [0.5, 0.6) is 0 Å². The molecular weight excluding hydrogens is 214 g/mol. The van der Waals surface area contributed by atoms with E-state index in [9.17, 15) is 0 Å². The standard InChI is InChI=1S/C13H17N3O/c14-13(15-9-4-2-1-3-5-9)16-11-8-10-6-7-12(11)17-10/h1-5,10-12H,6-8H2,(H3,14,15,16). The van der Waals surface area contributed by atoms with Crippen LogP contribution in [0, 0.1) is 0 Å². The molecule has 1 aromatic rings. The molecule has 3 rings (SSSR count).